The van der Waals surface area contributed by atoms with E-state index < -0.39 is 0 Å². The lowest BCUT2D eigenvalue weighted by molar-refractivity contribution is 0.224. The number of aliphatic hydroxyl groups excluding tert-OH is 1. The maximum atomic E-state index is 12.3. The molecule has 126 valence electrons. The van der Waals surface area contributed by atoms with Crippen molar-refractivity contribution in [1.82, 2.24) is 5.32 Å². The average molecular weight is 324 g/mol. The SMILES string of the molecule is O=C(Nc1cccc2c1CCCC2)NC(CO)Cc1ccccc1. The summed E-state index contributed by atoms with van der Waals surface area (Å²) in [6.07, 6.45) is 5.09. The highest BCUT2D eigenvalue weighted by Gasteiger charge is 2.16. The van der Waals surface area contributed by atoms with Crippen molar-refractivity contribution in [2.45, 2.75) is 38.1 Å². The zero-order valence-electron chi connectivity index (χ0n) is 13.8. The molecule has 24 heavy (non-hydrogen) atoms. The summed E-state index contributed by atoms with van der Waals surface area (Å²) in [5.41, 5.74) is 4.57. The van der Waals surface area contributed by atoms with E-state index in [2.05, 4.69) is 16.7 Å². The highest BCUT2D eigenvalue weighted by molar-refractivity contribution is 5.90. The summed E-state index contributed by atoms with van der Waals surface area (Å²) < 4.78 is 0. The number of anilines is 1. The molecule has 4 nitrogen and oxygen atoms in total. The van der Waals surface area contributed by atoms with Gasteiger partial charge in [0.05, 0.1) is 12.6 Å². The molecule has 2 amide bonds. The molecule has 2 aromatic rings. The van der Waals surface area contributed by atoms with Crippen LogP contribution in [0.2, 0.25) is 0 Å². The van der Waals surface area contributed by atoms with Gasteiger partial charge in [-0.1, -0.05) is 42.5 Å². The van der Waals surface area contributed by atoms with Crippen LogP contribution < -0.4 is 10.6 Å². The van der Waals surface area contributed by atoms with Crippen LogP contribution in [-0.4, -0.2) is 23.8 Å². The van der Waals surface area contributed by atoms with Gasteiger partial charge in [0.2, 0.25) is 0 Å². The van der Waals surface area contributed by atoms with Gasteiger partial charge >= 0.3 is 6.03 Å². The van der Waals surface area contributed by atoms with Crippen LogP contribution in [0, 0.1) is 0 Å². The van der Waals surface area contributed by atoms with E-state index in [4.69, 9.17) is 0 Å². The van der Waals surface area contributed by atoms with E-state index in [1.807, 2.05) is 42.5 Å². The number of benzene rings is 2. The van der Waals surface area contributed by atoms with Gasteiger partial charge in [-0.3, -0.25) is 0 Å². The van der Waals surface area contributed by atoms with Gasteiger partial charge in [0.1, 0.15) is 0 Å². The van der Waals surface area contributed by atoms with Crippen molar-refractivity contribution in [3.05, 3.63) is 65.2 Å². The molecule has 0 saturated carbocycles. The molecule has 1 aliphatic carbocycles. The predicted molar refractivity (Wildman–Crippen MR) is 96.3 cm³/mol. The number of hydrogen-bond acceptors (Lipinski definition) is 2. The van der Waals surface area contributed by atoms with Crippen LogP contribution in [0.25, 0.3) is 0 Å². The van der Waals surface area contributed by atoms with Crippen molar-refractivity contribution in [2.24, 2.45) is 0 Å². The monoisotopic (exact) mass is 324 g/mol. The minimum Gasteiger partial charge on any atom is -0.394 e. The third-order valence-electron chi connectivity index (χ3n) is 4.52. The summed E-state index contributed by atoms with van der Waals surface area (Å²) in [5.74, 6) is 0. The summed E-state index contributed by atoms with van der Waals surface area (Å²) in [5, 5.41) is 15.4. The van der Waals surface area contributed by atoms with E-state index in [9.17, 15) is 9.90 Å². The Morgan fingerprint density at radius 2 is 1.83 bits per heavy atom. The van der Waals surface area contributed by atoms with Crippen LogP contribution in [0.4, 0.5) is 10.5 Å². The fraction of sp³-hybridized carbons (Fsp3) is 0.350. The van der Waals surface area contributed by atoms with Crippen molar-refractivity contribution in [1.29, 1.82) is 0 Å². The van der Waals surface area contributed by atoms with Crippen molar-refractivity contribution < 1.29 is 9.90 Å². The lowest BCUT2D eigenvalue weighted by Crippen LogP contribution is -2.41. The smallest absolute Gasteiger partial charge is 0.319 e. The Bertz CT molecular complexity index is 685. The summed E-state index contributed by atoms with van der Waals surface area (Å²) in [6.45, 7) is -0.0881. The second-order valence-corrected chi connectivity index (χ2v) is 6.32. The van der Waals surface area contributed by atoms with Gasteiger partial charge in [0.25, 0.3) is 0 Å². The van der Waals surface area contributed by atoms with Gasteiger partial charge in [0, 0.05) is 5.69 Å². The Hall–Kier alpha value is -2.33. The molecule has 3 rings (SSSR count). The van der Waals surface area contributed by atoms with E-state index in [1.54, 1.807) is 0 Å². The summed E-state index contributed by atoms with van der Waals surface area (Å²) >= 11 is 0. The molecule has 1 unspecified atom stereocenters. The van der Waals surface area contributed by atoms with Crippen molar-refractivity contribution in [3.8, 4) is 0 Å². The number of carbonyl (C=O) groups is 1. The van der Waals surface area contributed by atoms with Crippen LogP contribution in [-0.2, 0) is 19.3 Å². The summed E-state index contributed by atoms with van der Waals surface area (Å²) in [6, 6.07) is 15.4. The first kappa shape index (κ1) is 16.5. The first-order valence-corrected chi connectivity index (χ1v) is 8.59. The molecule has 0 bridgehead atoms. The molecule has 3 N–H and O–H groups in total. The quantitative estimate of drug-likeness (QED) is 0.790. The second kappa shape index (κ2) is 7.97. The van der Waals surface area contributed by atoms with Gasteiger partial charge in [0.15, 0.2) is 0 Å². The molecule has 0 fully saturated rings. The topological polar surface area (TPSA) is 61.4 Å². The number of aryl methyl sites for hydroxylation is 1. The van der Waals surface area contributed by atoms with Gasteiger partial charge in [-0.25, -0.2) is 4.79 Å². The standard InChI is InChI=1S/C20H24N2O2/c23-14-17(13-15-7-2-1-3-8-15)21-20(24)22-19-12-6-10-16-9-4-5-11-18(16)19/h1-3,6-8,10,12,17,23H,4-5,9,11,13-14H2,(H2,21,22,24). The minimum absolute atomic E-state index is 0.0881. The van der Waals surface area contributed by atoms with E-state index in [-0.39, 0.29) is 18.7 Å². The number of carbonyl (C=O) groups excluding carboxylic acids is 1. The third kappa shape index (κ3) is 4.15. The predicted octanol–water partition coefficient (Wildman–Crippen LogP) is 3.29. The van der Waals surface area contributed by atoms with Crippen LogP contribution >= 0.6 is 0 Å². The maximum absolute atomic E-state index is 12.3. The minimum atomic E-state index is -0.299. The Labute approximate surface area is 142 Å². The van der Waals surface area contributed by atoms with Gasteiger partial charge in [-0.2, -0.15) is 0 Å². The van der Waals surface area contributed by atoms with Crippen molar-refractivity contribution in [3.63, 3.8) is 0 Å². The van der Waals surface area contributed by atoms with Gasteiger partial charge < -0.3 is 15.7 Å². The lowest BCUT2D eigenvalue weighted by atomic mass is 9.90. The number of nitrogens with one attached hydrogen (secondary N) is 2. The van der Waals surface area contributed by atoms with E-state index in [0.717, 1.165) is 24.1 Å². The first-order valence-electron chi connectivity index (χ1n) is 8.59. The number of amides is 2. The molecule has 0 aromatic heterocycles. The van der Waals surface area contributed by atoms with E-state index in [0.29, 0.717) is 6.42 Å². The fourth-order valence-electron chi connectivity index (χ4n) is 3.30. The van der Waals surface area contributed by atoms with Gasteiger partial charge in [-0.05, 0) is 54.9 Å². The molecule has 0 aliphatic heterocycles. The highest BCUT2D eigenvalue weighted by Crippen LogP contribution is 2.27. The Morgan fingerprint density at radius 1 is 1.04 bits per heavy atom. The molecule has 0 spiro atoms. The first-order chi connectivity index (χ1) is 11.8. The fourth-order valence-corrected chi connectivity index (χ4v) is 3.30. The lowest BCUT2D eigenvalue weighted by Gasteiger charge is -2.21. The number of urea groups is 1. The molecular formula is C20H24N2O2. The van der Waals surface area contributed by atoms with Crippen molar-refractivity contribution >= 4 is 11.7 Å². The van der Waals surface area contributed by atoms with Crippen LogP contribution in [0.3, 0.4) is 0 Å². The van der Waals surface area contributed by atoms with Gasteiger partial charge in [-0.15, -0.1) is 0 Å². The average Bonchev–Trinajstić information content (AvgIpc) is 2.62. The largest absolute Gasteiger partial charge is 0.394 e. The molecular weight excluding hydrogens is 300 g/mol. The number of hydrogen-bond donors (Lipinski definition) is 3. The van der Waals surface area contributed by atoms with Crippen LogP contribution in [0.5, 0.6) is 0 Å². The molecule has 0 radical (unpaired) electrons. The van der Waals surface area contributed by atoms with E-state index >= 15 is 0 Å². The molecule has 4 heteroatoms. The molecule has 2 aromatic carbocycles. The molecule has 0 saturated heterocycles. The summed E-state index contributed by atoms with van der Waals surface area (Å²) in [7, 11) is 0. The second-order valence-electron chi connectivity index (χ2n) is 6.32. The zero-order chi connectivity index (χ0) is 16.8. The third-order valence-corrected chi connectivity index (χ3v) is 4.52. The highest BCUT2D eigenvalue weighted by atomic mass is 16.3. The normalized spacial score (nSPS) is 14.5. The van der Waals surface area contributed by atoms with Crippen LogP contribution in [0.15, 0.2) is 48.5 Å². The van der Waals surface area contributed by atoms with Crippen LogP contribution in [0.1, 0.15) is 29.5 Å². The zero-order valence-corrected chi connectivity index (χ0v) is 13.8. The maximum Gasteiger partial charge on any atom is 0.319 e. The molecule has 1 aliphatic rings. The Balaban J connectivity index is 1.62. The Kier molecular flexibility index (Phi) is 5.49. The number of fused-ring (bicyclic) bond motifs is 1. The summed E-state index contributed by atoms with van der Waals surface area (Å²) in [4.78, 5) is 12.3. The number of aliphatic hydroxyl groups is 1. The number of rotatable bonds is 5. The molecule has 1 atom stereocenters. The molecule has 0 heterocycles. The van der Waals surface area contributed by atoms with E-state index in [1.165, 1.54) is 24.0 Å². The Morgan fingerprint density at radius 3 is 2.62 bits per heavy atom. The van der Waals surface area contributed by atoms with Crippen molar-refractivity contribution in [2.75, 3.05) is 11.9 Å².